The number of benzene rings is 2. The Labute approximate surface area is 133 Å². The fraction of sp³-hybridized carbons (Fsp3) is 0.0714. The largest absolute Gasteiger partial charge is 0.478 e. The van der Waals surface area contributed by atoms with Crippen LogP contribution in [0.4, 0.5) is 0 Å². The van der Waals surface area contributed by atoms with E-state index in [9.17, 15) is 21.6 Å². The molecule has 2 N–H and O–H groups in total. The second kappa shape index (κ2) is 6.11. The molecule has 122 valence electrons. The second-order valence-corrected chi connectivity index (χ2v) is 8.20. The van der Waals surface area contributed by atoms with Gasteiger partial charge >= 0.3 is 5.97 Å². The highest BCUT2D eigenvalue weighted by molar-refractivity contribution is 7.93. The van der Waals surface area contributed by atoms with Crippen molar-refractivity contribution in [2.24, 2.45) is 0 Å². The van der Waals surface area contributed by atoms with Gasteiger partial charge in [0.25, 0.3) is 0 Å². The molecule has 0 saturated carbocycles. The molecule has 0 amide bonds. The van der Waals surface area contributed by atoms with Crippen LogP contribution in [0.2, 0.25) is 0 Å². The zero-order valence-electron chi connectivity index (χ0n) is 11.9. The zero-order chi connectivity index (χ0) is 17.3. The topological polar surface area (TPSA) is 118 Å². The van der Waals surface area contributed by atoms with Gasteiger partial charge in [0.2, 0.25) is 19.9 Å². The fourth-order valence-corrected chi connectivity index (χ4v) is 5.00. The first-order valence-corrected chi connectivity index (χ1v) is 9.28. The number of carbonyl (C=O) groups is 1. The SMILES string of the molecule is CNS(=O)(=O)c1ccccc1S(=O)(=O)c1ccccc1C(=O)O. The molecular weight excluding hydrogens is 342 g/mol. The third-order valence-corrected chi connectivity index (χ3v) is 6.58. The molecule has 0 aromatic heterocycles. The van der Waals surface area contributed by atoms with Gasteiger partial charge in [0.05, 0.1) is 15.4 Å². The minimum Gasteiger partial charge on any atom is -0.478 e. The number of nitrogens with one attached hydrogen (secondary N) is 1. The Hall–Kier alpha value is -2.23. The van der Waals surface area contributed by atoms with E-state index >= 15 is 0 Å². The molecule has 0 bridgehead atoms. The summed E-state index contributed by atoms with van der Waals surface area (Å²) in [5, 5.41) is 9.16. The molecule has 0 unspecified atom stereocenters. The third kappa shape index (κ3) is 3.11. The maximum atomic E-state index is 12.8. The van der Waals surface area contributed by atoms with Crippen LogP contribution in [0.5, 0.6) is 0 Å². The van der Waals surface area contributed by atoms with Gasteiger partial charge in [0.15, 0.2) is 0 Å². The van der Waals surface area contributed by atoms with Crippen LogP contribution < -0.4 is 4.72 Å². The van der Waals surface area contributed by atoms with Gasteiger partial charge in [-0.2, -0.15) is 0 Å². The lowest BCUT2D eigenvalue weighted by Crippen LogP contribution is -2.21. The van der Waals surface area contributed by atoms with E-state index in [1.54, 1.807) is 0 Å². The van der Waals surface area contributed by atoms with E-state index in [1.165, 1.54) is 24.3 Å². The van der Waals surface area contributed by atoms with Crippen LogP contribution in [0.15, 0.2) is 63.2 Å². The smallest absolute Gasteiger partial charge is 0.337 e. The third-order valence-electron chi connectivity index (χ3n) is 3.10. The summed E-state index contributed by atoms with van der Waals surface area (Å²) in [6.07, 6.45) is 0. The van der Waals surface area contributed by atoms with E-state index in [1.807, 2.05) is 0 Å². The summed E-state index contributed by atoms with van der Waals surface area (Å²) in [5.74, 6) is -1.42. The Morgan fingerprint density at radius 1 is 0.870 bits per heavy atom. The summed E-state index contributed by atoms with van der Waals surface area (Å²) < 4.78 is 51.7. The van der Waals surface area contributed by atoms with Gasteiger partial charge < -0.3 is 5.11 Å². The molecule has 0 aliphatic rings. The summed E-state index contributed by atoms with van der Waals surface area (Å²) in [5.41, 5.74) is -0.427. The molecule has 0 atom stereocenters. The van der Waals surface area contributed by atoms with E-state index in [2.05, 4.69) is 4.72 Å². The van der Waals surface area contributed by atoms with Crippen LogP contribution in [-0.4, -0.2) is 35.0 Å². The summed E-state index contributed by atoms with van der Waals surface area (Å²) >= 11 is 0. The van der Waals surface area contributed by atoms with E-state index in [4.69, 9.17) is 5.11 Å². The first-order chi connectivity index (χ1) is 10.7. The fourth-order valence-electron chi connectivity index (χ4n) is 2.00. The minimum atomic E-state index is -4.34. The molecule has 0 aliphatic carbocycles. The number of carboxylic acid groups (broad SMARTS) is 1. The molecule has 0 saturated heterocycles. The Kier molecular flexibility index (Phi) is 4.55. The van der Waals surface area contributed by atoms with Crippen molar-refractivity contribution in [2.45, 2.75) is 14.7 Å². The standard InChI is InChI=1S/C14H13NO6S2/c1-15-23(20,21)13-9-5-4-8-12(13)22(18,19)11-7-3-2-6-10(11)14(16)17/h2-9,15H,1H3,(H,16,17). The Morgan fingerprint density at radius 2 is 1.35 bits per heavy atom. The van der Waals surface area contributed by atoms with Crippen molar-refractivity contribution in [1.82, 2.24) is 4.72 Å². The monoisotopic (exact) mass is 355 g/mol. The van der Waals surface area contributed by atoms with Crippen LogP contribution in [-0.2, 0) is 19.9 Å². The lowest BCUT2D eigenvalue weighted by atomic mass is 10.2. The number of hydrogen-bond acceptors (Lipinski definition) is 5. The molecule has 2 rings (SSSR count). The lowest BCUT2D eigenvalue weighted by molar-refractivity contribution is 0.0692. The van der Waals surface area contributed by atoms with Crippen molar-refractivity contribution in [3.63, 3.8) is 0 Å². The van der Waals surface area contributed by atoms with E-state index < -0.39 is 46.1 Å². The van der Waals surface area contributed by atoms with Crippen LogP contribution in [0.25, 0.3) is 0 Å². The molecule has 2 aromatic carbocycles. The average Bonchev–Trinajstić information content (AvgIpc) is 2.54. The summed E-state index contributed by atoms with van der Waals surface area (Å²) in [7, 11) is -7.21. The molecular formula is C14H13NO6S2. The van der Waals surface area contributed by atoms with Gasteiger partial charge in [-0.15, -0.1) is 0 Å². The van der Waals surface area contributed by atoms with Gasteiger partial charge in [-0.05, 0) is 31.3 Å². The van der Waals surface area contributed by atoms with Gasteiger partial charge in [0.1, 0.15) is 4.90 Å². The van der Waals surface area contributed by atoms with Crippen molar-refractivity contribution in [2.75, 3.05) is 7.05 Å². The van der Waals surface area contributed by atoms with Crippen molar-refractivity contribution in [3.8, 4) is 0 Å². The molecule has 0 aliphatic heterocycles. The number of rotatable bonds is 5. The summed E-state index contributed by atoms with van der Waals surface area (Å²) in [6.45, 7) is 0. The highest BCUT2D eigenvalue weighted by Crippen LogP contribution is 2.29. The summed E-state index contributed by atoms with van der Waals surface area (Å²) in [6, 6.07) is 10.0. The van der Waals surface area contributed by atoms with Crippen LogP contribution in [0.1, 0.15) is 10.4 Å². The number of carboxylic acids is 1. The first-order valence-electron chi connectivity index (χ1n) is 6.32. The highest BCUT2D eigenvalue weighted by atomic mass is 32.2. The normalized spacial score (nSPS) is 12.0. The van der Waals surface area contributed by atoms with Gasteiger partial charge in [0, 0.05) is 0 Å². The quantitative estimate of drug-likeness (QED) is 0.830. The maximum Gasteiger partial charge on any atom is 0.337 e. The van der Waals surface area contributed by atoms with Crippen molar-refractivity contribution >= 4 is 25.8 Å². The van der Waals surface area contributed by atoms with Crippen molar-refractivity contribution in [1.29, 1.82) is 0 Å². The number of sulfone groups is 1. The van der Waals surface area contributed by atoms with Crippen LogP contribution in [0.3, 0.4) is 0 Å². The van der Waals surface area contributed by atoms with E-state index in [0.29, 0.717) is 0 Å². The molecule has 7 nitrogen and oxygen atoms in total. The highest BCUT2D eigenvalue weighted by Gasteiger charge is 2.29. The molecule has 0 heterocycles. The maximum absolute atomic E-state index is 12.8. The Morgan fingerprint density at radius 3 is 1.87 bits per heavy atom. The van der Waals surface area contributed by atoms with E-state index in [0.717, 1.165) is 31.3 Å². The predicted molar refractivity (Wildman–Crippen MR) is 81.5 cm³/mol. The number of hydrogen-bond donors (Lipinski definition) is 2. The summed E-state index contributed by atoms with van der Waals surface area (Å²) in [4.78, 5) is 9.85. The number of sulfonamides is 1. The molecule has 0 fully saturated rings. The van der Waals surface area contributed by atoms with Crippen molar-refractivity contribution in [3.05, 3.63) is 54.1 Å². The van der Waals surface area contributed by atoms with Gasteiger partial charge in [-0.3, -0.25) is 0 Å². The molecule has 0 radical (unpaired) electrons. The van der Waals surface area contributed by atoms with Gasteiger partial charge in [-0.25, -0.2) is 26.4 Å². The van der Waals surface area contributed by atoms with Crippen LogP contribution >= 0.6 is 0 Å². The van der Waals surface area contributed by atoms with Crippen LogP contribution in [0, 0.1) is 0 Å². The lowest BCUT2D eigenvalue weighted by Gasteiger charge is -2.12. The first kappa shape index (κ1) is 17.1. The van der Waals surface area contributed by atoms with Gasteiger partial charge in [-0.1, -0.05) is 24.3 Å². The molecule has 9 heteroatoms. The zero-order valence-corrected chi connectivity index (χ0v) is 13.6. The molecule has 2 aromatic rings. The van der Waals surface area contributed by atoms with E-state index in [-0.39, 0.29) is 0 Å². The second-order valence-electron chi connectivity index (χ2n) is 4.46. The predicted octanol–water partition coefficient (Wildman–Crippen LogP) is 1.13. The Balaban J connectivity index is 2.81. The average molecular weight is 355 g/mol. The number of aromatic carboxylic acids is 1. The molecule has 0 spiro atoms. The Bertz CT molecular complexity index is 964. The molecule has 23 heavy (non-hydrogen) atoms. The minimum absolute atomic E-state index is 0.427. The van der Waals surface area contributed by atoms with Crippen molar-refractivity contribution < 1.29 is 26.7 Å².